The molecule has 0 aliphatic heterocycles. The molecule has 0 aliphatic carbocycles. The maximum absolute atomic E-state index is 12.2. The van der Waals surface area contributed by atoms with Crippen LogP contribution in [-0.2, 0) is 15.0 Å². The number of carbonyl (C=O) groups is 2. The Kier molecular flexibility index (Phi) is 6.39. The summed E-state index contributed by atoms with van der Waals surface area (Å²) in [6, 6.07) is 8.72. The molecule has 0 aliphatic rings. The lowest BCUT2D eigenvalue weighted by Gasteiger charge is -2.23. The quantitative estimate of drug-likeness (QED) is 0.593. The zero-order valence-corrected chi connectivity index (χ0v) is 16.1. The number of aromatic amines is 1. The Hall–Kier alpha value is -2.38. The lowest BCUT2D eigenvalue weighted by atomic mass is 9.81. The molecule has 0 saturated carbocycles. The number of nitrogens with zero attached hydrogens (tertiary/aromatic N) is 1. The Balaban J connectivity index is 2.05. The predicted molar refractivity (Wildman–Crippen MR) is 102 cm³/mol. The van der Waals surface area contributed by atoms with Crippen LogP contribution in [0, 0.1) is 0 Å². The van der Waals surface area contributed by atoms with Crippen molar-refractivity contribution in [1.29, 1.82) is 0 Å². The number of anilines is 1. The average molecular weight is 378 g/mol. The van der Waals surface area contributed by atoms with Crippen molar-refractivity contribution in [2.24, 2.45) is 0 Å². The van der Waals surface area contributed by atoms with Crippen molar-refractivity contribution in [2.75, 3.05) is 18.9 Å². The van der Waals surface area contributed by atoms with E-state index in [1.165, 1.54) is 0 Å². The van der Waals surface area contributed by atoms with Gasteiger partial charge in [0.05, 0.1) is 6.54 Å². The summed E-state index contributed by atoms with van der Waals surface area (Å²) in [5.74, 6) is -0.180. The number of amides is 2. The molecule has 0 spiro atoms. The van der Waals surface area contributed by atoms with Gasteiger partial charge in [-0.25, -0.2) is 0 Å². The number of carbonyl (C=O) groups excluding carboxylic acids is 2. The molecule has 2 rings (SSSR count). The van der Waals surface area contributed by atoms with E-state index >= 15 is 0 Å². The molecular formula is C18H24ClN5O2. The first-order valence-corrected chi connectivity index (χ1v) is 8.68. The van der Waals surface area contributed by atoms with E-state index in [1.807, 2.05) is 24.3 Å². The highest BCUT2D eigenvalue weighted by Crippen LogP contribution is 2.31. The summed E-state index contributed by atoms with van der Waals surface area (Å²) in [4.78, 5) is 23.7. The van der Waals surface area contributed by atoms with E-state index in [2.05, 4.69) is 40.0 Å². The summed E-state index contributed by atoms with van der Waals surface area (Å²) in [6.07, 6.45) is 0. The van der Waals surface area contributed by atoms with Gasteiger partial charge in [-0.05, 0) is 31.7 Å². The third-order valence-electron chi connectivity index (χ3n) is 4.18. The minimum Gasteiger partial charge on any atom is -0.343 e. The molecule has 4 N–H and O–H groups in total. The molecule has 0 bridgehead atoms. The molecule has 8 heteroatoms. The topological polar surface area (TPSA) is 98.9 Å². The second-order valence-electron chi connectivity index (χ2n) is 6.61. The third-order valence-corrected chi connectivity index (χ3v) is 4.43. The van der Waals surface area contributed by atoms with Gasteiger partial charge in [0.25, 0.3) is 0 Å². The maximum Gasteiger partial charge on any atom is 0.247 e. The van der Waals surface area contributed by atoms with Crippen molar-refractivity contribution >= 4 is 29.2 Å². The van der Waals surface area contributed by atoms with Crippen molar-refractivity contribution in [3.63, 3.8) is 0 Å². The fourth-order valence-corrected chi connectivity index (χ4v) is 2.61. The number of likely N-dealkylation sites (N-methyl/N-ethyl adjacent to an activating group) is 1. The number of benzene rings is 1. The highest BCUT2D eigenvalue weighted by molar-refractivity contribution is 6.30. The summed E-state index contributed by atoms with van der Waals surface area (Å²) in [7, 11) is 1.66. The Bertz CT molecular complexity index is 770. The Morgan fingerprint density at radius 3 is 2.54 bits per heavy atom. The van der Waals surface area contributed by atoms with Crippen LogP contribution in [0.3, 0.4) is 0 Å². The lowest BCUT2D eigenvalue weighted by molar-refractivity contribution is -0.125. The first-order chi connectivity index (χ1) is 12.2. The zero-order chi connectivity index (χ0) is 19.3. The van der Waals surface area contributed by atoms with Gasteiger partial charge in [-0.3, -0.25) is 14.7 Å². The van der Waals surface area contributed by atoms with Crippen molar-refractivity contribution in [1.82, 2.24) is 20.8 Å². The fraction of sp³-hybridized carbons (Fsp3) is 0.389. The maximum atomic E-state index is 12.2. The molecule has 0 unspecified atom stereocenters. The molecule has 1 heterocycles. The van der Waals surface area contributed by atoms with Gasteiger partial charge < -0.3 is 16.0 Å². The molecule has 0 fully saturated rings. The van der Waals surface area contributed by atoms with Gasteiger partial charge in [0, 0.05) is 22.2 Å². The summed E-state index contributed by atoms with van der Waals surface area (Å²) in [6.45, 7) is 5.87. The monoisotopic (exact) mass is 377 g/mol. The Morgan fingerprint density at radius 2 is 1.92 bits per heavy atom. The van der Waals surface area contributed by atoms with E-state index in [-0.39, 0.29) is 23.8 Å². The predicted octanol–water partition coefficient (Wildman–Crippen LogP) is 2.05. The number of aromatic nitrogens is 2. The minimum absolute atomic E-state index is 0.152. The molecule has 2 aromatic rings. The molecule has 26 heavy (non-hydrogen) atoms. The first-order valence-electron chi connectivity index (χ1n) is 8.30. The highest BCUT2D eigenvalue weighted by atomic mass is 35.5. The van der Waals surface area contributed by atoms with Gasteiger partial charge in [-0.2, -0.15) is 5.10 Å². The molecule has 0 radical (unpaired) electrons. The molecule has 7 nitrogen and oxygen atoms in total. The van der Waals surface area contributed by atoms with Gasteiger partial charge in [-0.15, -0.1) is 0 Å². The standard InChI is InChI=1S/C18H24ClN5O2/c1-11(21-16(25)10-20-4)17(26)22-15-9-14(23-24-15)18(2,3)12-5-7-13(19)8-6-12/h5-9,11,20H,10H2,1-4H3,(H,21,25)(H2,22,23,24,26)/t11-/m0/s1. The van der Waals surface area contributed by atoms with Crippen LogP contribution in [0.2, 0.25) is 5.02 Å². The van der Waals surface area contributed by atoms with E-state index < -0.39 is 6.04 Å². The lowest BCUT2D eigenvalue weighted by Crippen LogP contribution is -2.44. The number of hydrogen-bond donors (Lipinski definition) is 4. The van der Waals surface area contributed by atoms with Crippen molar-refractivity contribution in [2.45, 2.75) is 32.2 Å². The van der Waals surface area contributed by atoms with Gasteiger partial charge in [0.15, 0.2) is 5.82 Å². The summed E-state index contributed by atoms with van der Waals surface area (Å²) >= 11 is 5.95. The number of nitrogens with one attached hydrogen (secondary N) is 4. The van der Waals surface area contributed by atoms with Gasteiger partial charge in [-0.1, -0.05) is 37.6 Å². The second-order valence-corrected chi connectivity index (χ2v) is 7.04. The van der Waals surface area contributed by atoms with E-state index in [1.54, 1.807) is 20.0 Å². The molecule has 1 aromatic carbocycles. The third kappa shape index (κ3) is 4.83. The van der Waals surface area contributed by atoms with Crippen molar-refractivity contribution in [3.8, 4) is 0 Å². The van der Waals surface area contributed by atoms with Gasteiger partial charge in [0.1, 0.15) is 6.04 Å². The zero-order valence-electron chi connectivity index (χ0n) is 15.3. The van der Waals surface area contributed by atoms with Crippen LogP contribution in [0.4, 0.5) is 5.82 Å². The number of rotatable bonds is 7. The molecule has 140 valence electrons. The second kappa shape index (κ2) is 8.33. The van der Waals surface area contributed by atoms with E-state index in [9.17, 15) is 9.59 Å². The minimum atomic E-state index is -0.666. The number of hydrogen-bond acceptors (Lipinski definition) is 4. The Morgan fingerprint density at radius 1 is 1.27 bits per heavy atom. The SMILES string of the molecule is CNCC(=O)N[C@@H](C)C(=O)Nc1cc(C(C)(C)c2ccc(Cl)cc2)[nH]n1. The van der Waals surface area contributed by atoms with Crippen LogP contribution in [0.5, 0.6) is 0 Å². The van der Waals surface area contributed by atoms with Crippen LogP contribution in [0.15, 0.2) is 30.3 Å². The number of H-pyrrole nitrogens is 1. The van der Waals surface area contributed by atoms with Crippen molar-refractivity contribution < 1.29 is 9.59 Å². The molecule has 1 atom stereocenters. The molecular weight excluding hydrogens is 354 g/mol. The summed E-state index contributed by atoms with van der Waals surface area (Å²) in [5, 5.41) is 15.8. The average Bonchev–Trinajstić information content (AvgIpc) is 3.04. The van der Waals surface area contributed by atoms with E-state index in [0.717, 1.165) is 11.3 Å². The van der Waals surface area contributed by atoms with Crippen LogP contribution in [-0.4, -0.2) is 41.6 Å². The highest BCUT2D eigenvalue weighted by Gasteiger charge is 2.26. The van der Waals surface area contributed by atoms with Crippen LogP contribution in [0.1, 0.15) is 32.0 Å². The van der Waals surface area contributed by atoms with Gasteiger partial charge >= 0.3 is 0 Å². The normalized spacial score (nSPS) is 12.5. The molecule has 2 amide bonds. The van der Waals surface area contributed by atoms with Crippen LogP contribution < -0.4 is 16.0 Å². The van der Waals surface area contributed by atoms with Gasteiger partial charge in [0.2, 0.25) is 11.8 Å². The summed E-state index contributed by atoms with van der Waals surface area (Å²) < 4.78 is 0. The number of halogens is 1. The van der Waals surface area contributed by atoms with Crippen LogP contribution in [0.25, 0.3) is 0 Å². The molecule has 0 saturated heterocycles. The summed E-state index contributed by atoms with van der Waals surface area (Å²) in [5.41, 5.74) is 1.57. The Labute approximate surface area is 157 Å². The largest absolute Gasteiger partial charge is 0.343 e. The van der Waals surface area contributed by atoms with E-state index in [4.69, 9.17) is 11.6 Å². The van der Waals surface area contributed by atoms with Crippen LogP contribution >= 0.6 is 11.6 Å². The van der Waals surface area contributed by atoms with Crippen molar-refractivity contribution in [3.05, 3.63) is 46.6 Å². The smallest absolute Gasteiger partial charge is 0.247 e. The van der Waals surface area contributed by atoms with E-state index in [0.29, 0.717) is 10.8 Å². The first kappa shape index (κ1) is 19.9. The molecule has 1 aromatic heterocycles. The fourth-order valence-electron chi connectivity index (χ4n) is 2.48.